The highest BCUT2D eigenvalue weighted by Gasteiger charge is 2.23. The number of hydrogen-bond acceptors (Lipinski definition) is 4. The largest absolute Gasteiger partial charge is 0.507 e. The van der Waals surface area contributed by atoms with Gasteiger partial charge in [0.05, 0.1) is 11.6 Å². The third kappa shape index (κ3) is 2.10. The number of hydrogen-bond donors (Lipinski definition) is 3. The maximum Gasteiger partial charge on any atom is 0.336 e. The monoisotopic (exact) mass is 263 g/mol. The smallest absolute Gasteiger partial charge is 0.336 e. The third-order valence-electron chi connectivity index (χ3n) is 2.81. The van der Waals surface area contributed by atoms with E-state index in [-0.39, 0.29) is 16.9 Å². The standard InChI is InChI=1S/C13H13NO3S/c1-7-4-5-8(13(16)17)10(12(7)15)11(14)9-3-2-6-18-9/h2-6,11,15H,14H2,1H3,(H,16,17)/t11-/m1/s1. The molecule has 1 atom stereocenters. The maximum absolute atomic E-state index is 11.2. The van der Waals surface area contributed by atoms with Gasteiger partial charge in [0.15, 0.2) is 0 Å². The van der Waals surface area contributed by atoms with Crippen LogP contribution in [-0.2, 0) is 0 Å². The zero-order chi connectivity index (χ0) is 13.3. The summed E-state index contributed by atoms with van der Waals surface area (Å²) in [4.78, 5) is 12.0. The van der Waals surface area contributed by atoms with E-state index in [1.165, 1.54) is 17.4 Å². The molecule has 2 rings (SSSR count). The lowest BCUT2D eigenvalue weighted by atomic mass is 9.96. The van der Waals surface area contributed by atoms with E-state index in [4.69, 9.17) is 10.8 Å². The van der Waals surface area contributed by atoms with E-state index in [1.54, 1.807) is 13.0 Å². The van der Waals surface area contributed by atoms with E-state index >= 15 is 0 Å². The fraction of sp³-hybridized carbons (Fsp3) is 0.154. The molecule has 1 aromatic heterocycles. The molecule has 1 heterocycles. The summed E-state index contributed by atoms with van der Waals surface area (Å²) in [5.41, 5.74) is 6.98. The molecule has 18 heavy (non-hydrogen) atoms. The van der Waals surface area contributed by atoms with Crippen LogP contribution in [0, 0.1) is 6.92 Å². The number of aryl methyl sites for hydroxylation is 1. The highest BCUT2D eigenvalue weighted by Crippen LogP contribution is 2.34. The Morgan fingerprint density at radius 3 is 2.67 bits per heavy atom. The van der Waals surface area contributed by atoms with E-state index in [0.717, 1.165) is 4.88 Å². The molecule has 0 spiro atoms. The Morgan fingerprint density at radius 2 is 2.11 bits per heavy atom. The highest BCUT2D eigenvalue weighted by molar-refractivity contribution is 7.10. The van der Waals surface area contributed by atoms with Gasteiger partial charge in [-0.15, -0.1) is 11.3 Å². The lowest BCUT2D eigenvalue weighted by molar-refractivity contribution is 0.0694. The molecule has 0 amide bonds. The number of carbonyl (C=O) groups is 1. The number of rotatable bonds is 3. The van der Waals surface area contributed by atoms with Crippen LogP contribution in [0.1, 0.15) is 32.4 Å². The van der Waals surface area contributed by atoms with Gasteiger partial charge in [0.1, 0.15) is 5.75 Å². The first-order valence-corrected chi connectivity index (χ1v) is 6.25. The van der Waals surface area contributed by atoms with Crippen molar-refractivity contribution in [2.45, 2.75) is 13.0 Å². The second kappa shape index (κ2) is 4.80. The molecule has 0 aliphatic carbocycles. The first kappa shape index (κ1) is 12.6. The van der Waals surface area contributed by atoms with Crippen molar-refractivity contribution in [3.63, 3.8) is 0 Å². The minimum atomic E-state index is -1.09. The molecule has 0 bridgehead atoms. The van der Waals surface area contributed by atoms with Gasteiger partial charge in [0.2, 0.25) is 0 Å². The molecule has 2 aromatic rings. The van der Waals surface area contributed by atoms with Gasteiger partial charge in [-0.25, -0.2) is 4.79 Å². The highest BCUT2D eigenvalue weighted by atomic mass is 32.1. The Bertz CT molecular complexity index is 578. The molecule has 4 N–H and O–H groups in total. The number of carboxylic acid groups (broad SMARTS) is 1. The van der Waals surface area contributed by atoms with Crippen LogP contribution in [0.3, 0.4) is 0 Å². The summed E-state index contributed by atoms with van der Waals surface area (Å²) in [7, 11) is 0. The molecule has 0 aliphatic rings. The first-order valence-electron chi connectivity index (χ1n) is 5.37. The number of aromatic carboxylic acids is 1. The number of benzene rings is 1. The molecule has 94 valence electrons. The fourth-order valence-electron chi connectivity index (χ4n) is 1.83. The SMILES string of the molecule is Cc1ccc(C(=O)O)c([C@H](N)c2cccs2)c1O. The molecule has 0 saturated carbocycles. The van der Waals surface area contributed by atoms with Crippen LogP contribution in [0.2, 0.25) is 0 Å². The van der Waals surface area contributed by atoms with Crippen LogP contribution < -0.4 is 5.73 Å². The van der Waals surface area contributed by atoms with Gasteiger partial charge in [0, 0.05) is 10.4 Å². The summed E-state index contributed by atoms with van der Waals surface area (Å²) in [6.45, 7) is 1.71. The van der Waals surface area contributed by atoms with Crippen LogP contribution in [0.15, 0.2) is 29.6 Å². The second-order valence-electron chi connectivity index (χ2n) is 3.99. The fourth-order valence-corrected chi connectivity index (χ4v) is 2.56. The average molecular weight is 263 g/mol. The Balaban J connectivity index is 2.61. The number of phenols is 1. The Morgan fingerprint density at radius 1 is 1.39 bits per heavy atom. The zero-order valence-electron chi connectivity index (χ0n) is 9.75. The van der Waals surface area contributed by atoms with E-state index in [1.807, 2.05) is 17.5 Å². The van der Waals surface area contributed by atoms with Crippen molar-refractivity contribution >= 4 is 17.3 Å². The molecule has 0 aliphatic heterocycles. The van der Waals surface area contributed by atoms with Crippen LogP contribution in [0.5, 0.6) is 5.75 Å². The van der Waals surface area contributed by atoms with Gasteiger partial charge >= 0.3 is 5.97 Å². The third-order valence-corrected chi connectivity index (χ3v) is 3.77. The van der Waals surface area contributed by atoms with E-state index in [2.05, 4.69) is 0 Å². The predicted molar refractivity (Wildman–Crippen MR) is 70.2 cm³/mol. The molecule has 1 aromatic carbocycles. The van der Waals surface area contributed by atoms with Crippen molar-refractivity contribution in [2.24, 2.45) is 5.73 Å². The van der Waals surface area contributed by atoms with E-state index in [9.17, 15) is 9.90 Å². The molecule has 5 heteroatoms. The van der Waals surface area contributed by atoms with Crippen LogP contribution in [0.4, 0.5) is 0 Å². The van der Waals surface area contributed by atoms with Gasteiger partial charge in [0.25, 0.3) is 0 Å². The number of nitrogens with two attached hydrogens (primary N) is 1. The lowest BCUT2D eigenvalue weighted by Crippen LogP contribution is -2.15. The van der Waals surface area contributed by atoms with Crippen LogP contribution >= 0.6 is 11.3 Å². The molecule has 0 fully saturated rings. The summed E-state index contributed by atoms with van der Waals surface area (Å²) in [5.74, 6) is -1.14. The van der Waals surface area contributed by atoms with Gasteiger partial charge in [-0.05, 0) is 30.0 Å². The second-order valence-corrected chi connectivity index (χ2v) is 4.97. The zero-order valence-corrected chi connectivity index (χ0v) is 10.6. The summed E-state index contributed by atoms with van der Waals surface area (Å²) >= 11 is 1.43. The number of aromatic hydroxyl groups is 1. The van der Waals surface area contributed by atoms with Crippen LogP contribution in [0.25, 0.3) is 0 Å². The quantitative estimate of drug-likeness (QED) is 0.794. The summed E-state index contributed by atoms with van der Waals surface area (Å²) in [6.07, 6.45) is 0. The van der Waals surface area contributed by atoms with E-state index in [0.29, 0.717) is 5.56 Å². The normalized spacial score (nSPS) is 12.3. The maximum atomic E-state index is 11.2. The van der Waals surface area contributed by atoms with Gasteiger partial charge in [-0.3, -0.25) is 0 Å². The molecule has 0 saturated heterocycles. The van der Waals surface area contributed by atoms with Crippen molar-refractivity contribution in [1.82, 2.24) is 0 Å². The van der Waals surface area contributed by atoms with Gasteiger partial charge in [-0.1, -0.05) is 12.1 Å². The van der Waals surface area contributed by atoms with Crippen molar-refractivity contribution in [3.8, 4) is 5.75 Å². The predicted octanol–water partition coefficient (Wildman–Crippen LogP) is 2.51. The molecule has 0 unspecified atom stereocenters. The van der Waals surface area contributed by atoms with Crippen molar-refractivity contribution in [2.75, 3.05) is 0 Å². The van der Waals surface area contributed by atoms with Gasteiger partial charge < -0.3 is 15.9 Å². The molecule has 0 radical (unpaired) electrons. The topological polar surface area (TPSA) is 83.5 Å². The lowest BCUT2D eigenvalue weighted by Gasteiger charge is -2.16. The number of carboxylic acids is 1. The van der Waals surface area contributed by atoms with E-state index < -0.39 is 12.0 Å². The number of phenolic OH excluding ortho intramolecular Hbond substituents is 1. The summed E-state index contributed by atoms with van der Waals surface area (Å²) in [6, 6.07) is 6.08. The van der Waals surface area contributed by atoms with Crippen molar-refractivity contribution in [3.05, 3.63) is 51.2 Å². The van der Waals surface area contributed by atoms with Gasteiger partial charge in [-0.2, -0.15) is 0 Å². The molecule has 4 nitrogen and oxygen atoms in total. The minimum absolute atomic E-state index is 0.0407. The van der Waals surface area contributed by atoms with Crippen molar-refractivity contribution < 1.29 is 15.0 Å². The van der Waals surface area contributed by atoms with Crippen molar-refractivity contribution in [1.29, 1.82) is 0 Å². The Kier molecular flexibility index (Phi) is 3.36. The minimum Gasteiger partial charge on any atom is -0.507 e. The summed E-state index contributed by atoms with van der Waals surface area (Å²) < 4.78 is 0. The Hall–Kier alpha value is -1.85. The molecular weight excluding hydrogens is 250 g/mol. The number of thiophene rings is 1. The molecular formula is C13H13NO3S. The summed E-state index contributed by atoms with van der Waals surface area (Å²) in [5, 5.41) is 21.1. The first-order chi connectivity index (χ1) is 8.52. The van der Waals surface area contributed by atoms with Crippen LogP contribution in [-0.4, -0.2) is 16.2 Å². The Labute approximate surface area is 108 Å². The average Bonchev–Trinajstić information content (AvgIpc) is 2.84.